The Morgan fingerprint density at radius 1 is 1.17 bits per heavy atom. The number of hydrogen-bond donors (Lipinski definition) is 1. The zero-order chi connectivity index (χ0) is 16.1. The van der Waals surface area contributed by atoms with E-state index < -0.39 is 6.10 Å². The van der Waals surface area contributed by atoms with Crippen molar-refractivity contribution in [3.05, 3.63) is 70.1 Å². The maximum atomic E-state index is 10.4. The summed E-state index contributed by atoms with van der Waals surface area (Å²) >= 11 is 1.59. The van der Waals surface area contributed by atoms with Crippen LogP contribution in [0.25, 0.3) is 0 Å². The second kappa shape index (κ2) is 7.50. The van der Waals surface area contributed by atoms with Gasteiger partial charge in [-0.3, -0.25) is 4.90 Å². The second-order valence-corrected chi connectivity index (χ2v) is 6.22. The van der Waals surface area contributed by atoms with E-state index >= 15 is 0 Å². The second-order valence-electron chi connectivity index (χ2n) is 5.44. The molecule has 1 unspecified atom stereocenters. The van der Waals surface area contributed by atoms with Gasteiger partial charge in [0.25, 0.3) is 0 Å². The normalized spacial score (nSPS) is 12.7. The van der Waals surface area contributed by atoms with Crippen molar-refractivity contribution in [3.8, 4) is 0 Å². The van der Waals surface area contributed by atoms with Gasteiger partial charge in [-0.1, -0.05) is 30.3 Å². The number of aryl methyl sites for hydroxylation is 1. The Kier molecular flexibility index (Phi) is 5.17. The zero-order valence-corrected chi connectivity index (χ0v) is 13.7. The van der Waals surface area contributed by atoms with Crippen molar-refractivity contribution in [1.82, 2.24) is 15.1 Å². The number of benzene rings is 1. The lowest BCUT2D eigenvalue weighted by atomic mass is 10.1. The van der Waals surface area contributed by atoms with Crippen LogP contribution >= 0.6 is 11.3 Å². The minimum Gasteiger partial charge on any atom is -0.424 e. The third-order valence-electron chi connectivity index (χ3n) is 3.53. The van der Waals surface area contributed by atoms with Crippen LogP contribution < -0.4 is 0 Å². The quantitative estimate of drug-likeness (QED) is 0.721. The smallest absolute Gasteiger partial charge is 0.230 e. The van der Waals surface area contributed by atoms with Gasteiger partial charge in [-0.05, 0) is 28.0 Å². The molecule has 6 heteroatoms. The molecule has 3 aromatic rings. The van der Waals surface area contributed by atoms with E-state index in [1.807, 2.05) is 35.0 Å². The molecule has 1 aromatic carbocycles. The lowest BCUT2D eigenvalue weighted by Crippen LogP contribution is -2.28. The Morgan fingerprint density at radius 2 is 2.00 bits per heavy atom. The highest BCUT2D eigenvalue weighted by Crippen LogP contribution is 2.19. The molecule has 0 aliphatic rings. The molecule has 0 saturated heterocycles. The summed E-state index contributed by atoms with van der Waals surface area (Å²) < 4.78 is 5.48. The monoisotopic (exact) mass is 329 g/mol. The Labute approximate surface area is 139 Å². The van der Waals surface area contributed by atoms with E-state index in [1.54, 1.807) is 18.3 Å². The molecule has 23 heavy (non-hydrogen) atoms. The zero-order valence-electron chi connectivity index (χ0n) is 12.9. The average Bonchev–Trinajstić information content (AvgIpc) is 3.20. The molecule has 5 nitrogen and oxygen atoms in total. The Hall–Kier alpha value is -2.02. The Balaban J connectivity index is 1.72. The van der Waals surface area contributed by atoms with Crippen LogP contribution in [0.3, 0.4) is 0 Å². The molecule has 2 aromatic heterocycles. The predicted molar refractivity (Wildman–Crippen MR) is 88.9 cm³/mol. The molecule has 3 rings (SSSR count). The standard InChI is InChI=1S/C17H19N3O2S/c1-13-18-19-17(22-13)11-20(9-14-5-3-2-4-6-14)10-16(21)15-7-8-23-12-15/h2-8,12,16,21H,9-11H2,1H3. The van der Waals surface area contributed by atoms with E-state index in [9.17, 15) is 5.11 Å². The molecule has 0 aliphatic carbocycles. The van der Waals surface area contributed by atoms with Gasteiger partial charge >= 0.3 is 0 Å². The minimum absolute atomic E-state index is 0.507. The van der Waals surface area contributed by atoms with Crippen molar-refractivity contribution in [1.29, 1.82) is 0 Å². The SMILES string of the molecule is Cc1nnc(CN(Cc2ccccc2)CC(O)c2ccsc2)o1. The van der Waals surface area contributed by atoms with Gasteiger partial charge < -0.3 is 9.52 Å². The van der Waals surface area contributed by atoms with Crippen LogP contribution in [0.4, 0.5) is 0 Å². The molecule has 0 saturated carbocycles. The van der Waals surface area contributed by atoms with E-state index in [2.05, 4.69) is 27.2 Å². The first kappa shape index (κ1) is 15.9. The van der Waals surface area contributed by atoms with Gasteiger partial charge in [0.15, 0.2) is 0 Å². The lowest BCUT2D eigenvalue weighted by molar-refractivity contribution is 0.0994. The van der Waals surface area contributed by atoms with Crippen LogP contribution in [-0.2, 0) is 13.1 Å². The number of aliphatic hydroxyl groups excluding tert-OH is 1. The van der Waals surface area contributed by atoms with Crippen LogP contribution in [-0.4, -0.2) is 26.7 Å². The van der Waals surface area contributed by atoms with Crippen LogP contribution in [0.5, 0.6) is 0 Å². The van der Waals surface area contributed by atoms with E-state index in [-0.39, 0.29) is 0 Å². The first-order chi connectivity index (χ1) is 11.2. The van der Waals surface area contributed by atoms with Gasteiger partial charge in [0.05, 0.1) is 12.6 Å². The van der Waals surface area contributed by atoms with Crippen LogP contribution in [0, 0.1) is 6.92 Å². The summed E-state index contributed by atoms with van der Waals surface area (Å²) in [5, 5.41) is 22.3. The molecule has 0 aliphatic heterocycles. The van der Waals surface area contributed by atoms with Crippen molar-refractivity contribution in [2.24, 2.45) is 0 Å². The van der Waals surface area contributed by atoms with E-state index in [1.165, 1.54) is 5.56 Å². The first-order valence-electron chi connectivity index (χ1n) is 7.46. The summed E-state index contributed by atoms with van der Waals surface area (Å²) in [6.07, 6.45) is -0.533. The number of thiophene rings is 1. The van der Waals surface area contributed by atoms with Crippen LogP contribution in [0.1, 0.15) is 29.0 Å². The number of aliphatic hydroxyl groups is 1. The molecule has 0 amide bonds. The summed E-state index contributed by atoms with van der Waals surface area (Å²) in [5.41, 5.74) is 2.12. The topological polar surface area (TPSA) is 62.4 Å². The maximum absolute atomic E-state index is 10.4. The van der Waals surface area contributed by atoms with Gasteiger partial charge in [-0.15, -0.1) is 10.2 Å². The highest BCUT2D eigenvalue weighted by molar-refractivity contribution is 7.07. The van der Waals surface area contributed by atoms with E-state index in [4.69, 9.17) is 4.42 Å². The molecule has 0 spiro atoms. The largest absolute Gasteiger partial charge is 0.424 e. The van der Waals surface area contributed by atoms with Crippen molar-refractivity contribution in [2.75, 3.05) is 6.54 Å². The molecule has 1 N–H and O–H groups in total. The van der Waals surface area contributed by atoms with Crippen molar-refractivity contribution in [3.63, 3.8) is 0 Å². The summed E-state index contributed by atoms with van der Waals surface area (Å²) in [6, 6.07) is 12.1. The van der Waals surface area contributed by atoms with Crippen molar-refractivity contribution >= 4 is 11.3 Å². The van der Waals surface area contributed by atoms with Crippen LogP contribution in [0.15, 0.2) is 51.6 Å². The average molecular weight is 329 g/mol. The number of hydrogen-bond acceptors (Lipinski definition) is 6. The third kappa shape index (κ3) is 4.48. The first-order valence-corrected chi connectivity index (χ1v) is 8.40. The fourth-order valence-corrected chi connectivity index (χ4v) is 3.14. The fraction of sp³-hybridized carbons (Fsp3) is 0.294. The van der Waals surface area contributed by atoms with E-state index in [0.29, 0.717) is 31.4 Å². The summed E-state index contributed by atoms with van der Waals surface area (Å²) in [5.74, 6) is 1.12. The molecule has 0 bridgehead atoms. The molecule has 1 atom stereocenters. The highest BCUT2D eigenvalue weighted by Gasteiger charge is 2.17. The highest BCUT2D eigenvalue weighted by atomic mass is 32.1. The number of aromatic nitrogens is 2. The molecule has 120 valence electrons. The lowest BCUT2D eigenvalue weighted by Gasteiger charge is -2.23. The molecular weight excluding hydrogens is 310 g/mol. The van der Waals surface area contributed by atoms with Crippen molar-refractivity contribution < 1.29 is 9.52 Å². The van der Waals surface area contributed by atoms with E-state index in [0.717, 1.165) is 5.56 Å². The molecular formula is C17H19N3O2S. The predicted octanol–water partition coefficient (Wildman–Crippen LogP) is 3.18. The minimum atomic E-state index is -0.533. The van der Waals surface area contributed by atoms with Crippen molar-refractivity contribution in [2.45, 2.75) is 26.1 Å². The molecule has 2 heterocycles. The fourth-order valence-electron chi connectivity index (χ4n) is 2.43. The van der Waals surface area contributed by atoms with Gasteiger partial charge in [0.1, 0.15) is 0 Å². The molecule has 0 fully saturated rings. The number of rotatable bonds is 7. The summed E-state index contributed by atoms with van der Waals surface area (Å²) in [4.78, 5) is 2.12. The van der Waals surface area contributed by atoms with Gasteiger partial charge in [0.2, 0.25) is 11.8 Å². The van der Waals surface area contributed by atoms with Gasteiger partial charge in [0, 0.05) is 20.0 Å². The van der Waals surface area contributed by atoms with Gasteiger partial charge in [-0.2, -0.15) is 11.3 Å². The summed E-state index contributed by atoms with van der Waals surface area (Å²) in [7, 11) is 0. The maximum Gasteiger partial charge on any atom is 0.230 e. The molecule has 0 radical (unpaired) electrons. The Bertz CT molecular complexity index is 713. The Morgan fingerprint density at radius 3 is 2.65 bits per heavy atom. The van der Waals surface area contributed by atoms with Gasteiger partial charge in [-0.25, -0.2) is 0 Å². The summed E-state index contributed by atoms with van der Waals surface area (Å²) in [6.45, 7) is 3.51. The third-order valence-corrected chi connectivity index (χ3v) is 4.24. The number of nitrogens with zero attached hydrogens (tertiary/aromatic N) is 3. The van der Waals surface area contributed by atoms with Crippen LogP contribution in [0.2, 0.25) is 0 Å².